The average molecular weight is 682 g/mol. The molecule has 0 saturated carbocycles. The first-order valence-corrected chi connectivity index (χ1v) is 17.6. The monoisotopic (exact) mass is 681 g/mol. The van der Waals surface area contributed by atoms with E-state index in [1.165, 1.54) is 17.0 Å². The zero-order valence-electron chi connectivity index (χ0n) is 31.0. The van der Waals surface area contributed by atoms with Gasteiger partial charge in [0.15, 0.2) is 0 Å². The summed E-state index contributed by atoms with van der Waals surface area (Å²) in [5, 5.41) is 16.2. The first-order chi connectivity index (χ1) is 22.9. The number of ether oxygens (including phenoxy) is 2. The fourth-order valence-electron chi connectivity index (χ4n) is 5.43. The fraction of sp³-hybridized carbons (Fsp3) is 0.590. The predicted molar refractivity (Wildman–Crippen MR) is 192 cm³/mol. The summed E-state index contributed by atoms with van der Waals surface area (Å²) in [6, 6.07) is 12.2. The van der Waals surface area contributed by atoms with E-state index in [4.69, 9.17) is 9.47 Å². The molecule has 3 unspecified atom stereocenters. The van der Waals surface area contributed by atoms with Crippen molar-refractivity contribution in [3.8, 4) is 5.75 Å². The van der Waals surface area contributed by atoms with Crippen LogP contribution in [-0.4, -0.2) is 63.7 Å². The van der Waals surface area contributed by atoms with E-state index in [0.29, 0.717) is 18.4 Å². The van der Waals surface area contributed by atoms with Gasteiger partial charge in [0.05, 0.1) is 0 Å². The van der Waals surface area contributed by atoms with Crippen molar-refractivity contribution in [2.45, 2.75) is 137 Å². The van der Waals surface area contributed by atoms with Crippen molar-refractivity contribution >= 4 is 23.9 Å². The van der Waals surface area contributed by atoms with Crippen molar-refractivity contribution in [3.63, 3.8) is 0 Å². The highest BCUT2D eigenvalue weighted by Crippen LogP contribution is 2.28. The van der Waals surface area contributed by atoms with Crippen molar-refractivity contribution in [2.24, 2.45) is 5.92 Å². The molecule has 2 rings (SSSR count). The van der Waals surface area contributed by atoms with Crippen molar-refractivity contribution in [2.75, 3.05) is 6.54 Å². The molecule has 3 amide bonds. The zero-order chi connectivity index (χ0) is 36.8. The van der Waals surface area contributed by atoms with Gasteiger partial charge in [-0.15, -0.1) is 0 Å². The van der Waals surface area contributed by atoms with Crippen molar-refractivity contribution < 1.29 is 33.8 Å². The normalized spacial score (nSPS) is 13.6. The Balaban J connectivity index is 2.63. The lowest BCUT2D eigenvalue weighted by molar-refractivity contribution is -0.159. The summed E-state index contributed by atoms with van der Waals surface area (Å²) in [6.07, 6.45) is 4.20. The van der Waals surface area contributed by atoms with Gasteiger partial charge in [-0.3, -0.25) is 9.59 Å². The lowest BCUT2D eigenvalue weighted by atomic mass is 9.97. The minimum Gasteiger partial charge on any atom is -0.508 e. The van der Waals surface area contributed by atoms with E-state index in [1.807, 2.05) is 44.2 Å². The number of phenols is 1. The number of esters is 1. The number of rotatable bonds is 17. The number of alkyl carbamates (subject to hydrolysis) is 1. The molecule has 10 nitrogen and oxygen atoms in total. The van der Waals surface area contributed by atoms with Gasteiger partial charge in [0.25, 0.3) is 0 Å². The highest BCUT2D eigenvalue weighted by atomic mass is 16.6. The van der Waals surface area contributed by atoms with E-state index >= 15 is 0 Å². The summed E-state index contributed by atoms with van der Waals surface area (Å²) in [7, 11) is 0. The Kier molecular flexibility index (Phi) is 16.1. The summed E-state index contributed by atoms with van der Waals surface area (Å²) < 4.78 is 11.2. The third kappa shape index (κ3) is 15.3. The number of nitrogens with one attached hydrogen (secondary N) is 2. The summed E-state index contributed by atoms with van der Waals surface area (Å²) in [4.78, 5) is 57.1. The molecule has 272 valence electrons. The number of phenolic OH excluding ortho intramolecular Hbond substituents is 1. The van der Waals surface area contributed by atoms with E-state index in [2.05, 4.69) is 17.6 Å². The number of aromatic hydroxyl groups is 1. The minimum atomic E-state index is -1.23. The average Bonchev–Trinajstić information content (AvgIpc) is 2.98. The summed E-state index contributed by atoms with van der Waals surface area (Å²) >= 11 is 0. The van der Waals surface area contributed by atoms with Crippen LogP contribution in [-0.2, 0) is 30.3 Å². The maximum atomic E-state index is 14.6. The molecule has 0 radical (unpaired) electrons. The van der Waals surface area contributed by atoms with E-state index < -0.39 is 53.2 Å². The molecule has 0 aromatic heterocycles. The first-order valence-electron chi connectivity index (χ1n) is 17.6. The third-order valence-corrected chi connectivity index (χ3v) is 7.52. The van der Waals surface area contributed by atoms with E-state index in [0.717, 1.165) is 31.2 Å². The van der Waals surface area contributed by atoms with Crippen LogP contribution in [0, 0.1) is 5.92 Å². The molecule has 49 heavy (non-hydrogen) atoms. The molecule has 0 aliphatic carbocycles. The predicted octanol–water partition coefficient (Wildman–Crippen LogP) is 7.24. The van der Waals surface area contributed by atoms with Gasteiger partial charge in [-0.2, -0.15) is 0 Å². The second-order valence-corrected chi connectivity index (χ2v) is 15.1. The zero-order valence-corrected chi connectivity index (χ0v) is 31.0. The lowest BCUT2D eigenvalue weighted by Crippen LogP contribution is -2.55. The standard InChI is InChI=1S/C39H59N3O7/c1-10-11-12-13-17-23-42(35(45)31(24-27(2)3)41-37(47)49-39(7,8)9)33(29-21-18-22-30(43)26-29)34(44)40-32(36(46)48-38(4,5)6)25-28-19-15-14-16-20-28/h14-16,18-22,26-27,31-33,43H,10-13,17,23-25H2,1-9H3,(H,40,44)(H,41,47). The molecule has 2 aromatic carbocycles. The number of amides is 3. The molecular weight excluding hydrogens is 622 g/mol. The Bertz CT molecular complexity index is 1350. The van der Waals surface area contributed by atoms with Crippen LogP contribution in [0.3, 0.4) is 0 Å². The molecule has 0 aliphatic heterocycles. The number of nitrogens with zero attached hydrogens (tertiary/aromatic N) is 1. The molecule has 3 N–H and O–H groups in total. The molecule has 0 saturated heterocycles. The molecule has 10 heteroatoms. The van der Waals surface area contributed by atoms with Crippen molar-refractivity contribution in [1.29, 1.82) is 0 Å². The Morgan fingerprint density at radius 1 is 0.796 bits per heavy atom. The molecule has 0 fully saturated rings. The van der Waals surface area contributed by atoms with E-state index in [-0.39, 0.29) is 24.6 Å². The van der Waals surface area contributed by atoms with Crippen molar-refractivity contribution in [3.05, 3.63) is 65.7 Å². The van der Waals surface area contributed by atoms with Crippen LogP contribution in [0.1, 0.15) is 118 Å². The lowest BCUT2D eigenvalue weighted by Gasteiger charge is -2.36. The van der Waals surface area contributed by atoms with Gasteiger partial charge >= 0.3 is 12.1 Å². The molecule has 0 spiro atoms. The number of unbranched alkanes of at least 4 members (excludes halogenated alkanes) is 4. The molecule has 3 atom stereocenters. The molecule has 0 bridgehead atoms. The van der Waals surface area contributed by atoms with Gasteiger partial charge in [0, 0.05) is 13.0 Å². The van der Waals surface area contributed by atoms with Crippen LogP contribution in [0.4, 0.5) is 4.79 Å². The van der Waals surface area contributed by atoms with Crippen molar-refractivity contribution in [1.82, 2.24) is 15.5 Å². The van der Waals surface area contributed by atoms with Gasteiger partial charge in [-0.05, 0) is 83.6 Å². The van der Waals surface area contributed by atoms with Gasteiger partial charge in [-0.25, -0.2) is 9.59 Å². The topological polar surface area (TPSA) is 134 Å². The van der Waals surface area contributed by atoms with E-state index in [9.17, 15) is 24.3 Å². The Morgan fingerprint density at radius 2 is 1.43 bits per heavy atom. The maximum absolute atomic E-state index is 14.6. The summed E-state index contributed by atoms with van der Waals surface area (Å²) in [5.74, 6) is -1.74. The minimum absolute atomic E-state index is 0.0192. The Labute approximate surface area is 293 Å². The van der Waals surface area contributed by atoms with Crippen LogP contribution >= 0.6 is 0 Å². The Morgan fingerprint density at radius 3 is 2.00 bits per heavy atom. The highest BCUT2D eigenvalue weighted by molar-refractivity contribution is 5.94. The van der Waals surface area contributed by atoms with Gasteiger partial charge < -0.3 is 30.1 Å². The van der Waals surface area contributed by atoms with Gasteiger partial charge in [0.2, 0.25) is 11.8 Å². The largest absolute Gasteiger partial charge is 0.508 e. The highest BCUT2D eigenvalue weighted by Gasteiger charge is 2.38. The first kappa shape index (κ1) is 41.1. The summed E-state index contributed by atoms with van der Waals surface area (Å²) in [6.45, 7) is 16.7. The van der Waals surface area contributed by atoms with Crippen LogP contribution in [0.5, 0.6) is 5.75 Å². The maximum Gasteiger partial charge on any atom is 0.408 e. The third-order valence-electron chi connectivity index (χ3n) is 7.52. The smallest absolute Gasteiger partial charge is 0.408 e. The molecule has 0 aliphatic rings. The van der Waals surface area contributed by atoms with E-state index in [1.54, 1.807) is 53.7 Å². The number of carbonyl (C=O) groups excluding carboxylic acids is 4. The second-order valence-electron chi connectivity index (χ2n) is 15.1. The number of carbonyl (C=O) groups is 4. The fourth-order valence-corrected chi connectivity index (χ4v) is 5.43. The van der Waals surface area contributed by atoms with Gasteiger partial charge in [0.1, 0.15) is 35.1 Å². The SMILES string of the molecule is CCCCCCCN(C(=O)C(CC(C)C)NC(=O)OC(C)(C)C)C(C(=O)NC(Cc1ccccc1)C(=O)OC(C)(C)C)c1cccc(O)c1. The quantitative estimate of drug-likeness (QED) is 0.118. The molecule has 2 aromatic rings. The van der Waals surface area contributed by atoms with Crippen LogP contribution < -0.4 is 10.6 Å². The number of hydrogen-bond acceptors (Lipinski definition) is 7. The second kappa shape index (κ2) is 19.2. The van der Waals surface area contributed by atoms with Gasteiger partial charge in [-0.1, -0.05) is 88.9 Å². The molecular formula is C39H59N3O7. The Hall–Kier alpha value is -4.08. The number of benzene rings is 2. The summed E-state index contributed by atoms with van der Waals surface area (Å²) in [5.41, 5.74) is -0.412. The van der Waals surface area contributed by atoms with Crippen LogP contribution in [0.15, 0.2) is 54.6 Å². The number of hydrogen-bond donors (Lipinski definition) is 3. The van der Waals surface area contributed by atoms with Crippen LogP contribution in [0.25, 0.3) is 0 Å². The van der Waals surface area contributed by atoms with Crippen LogP contribution in [0.2, 0.25) is 0 Å². The molecule has 0 heterocycles.